The minimum atomic E-state index is 0.0151. The number of rotatable bonds is 8. The molecule has 0 saturated carbocycles. The van der Waals surface area contributed by atoms with Gasteiger partial charge in [-0.2, -0.15) is 0 Å². The van der Waals surface area contributed by atoms with Crippen LogP contribution in [-0.4, -0.2) is 42.4 Å². The summed E-state index contributed by atoms with van der Waals surface area (Å²) in [5, 5.41) is 12.6. The Hall–Kier alpha value is -1.85. The lowest BCUT2D eigenvalue weighted by Crippen LogP contribution is -2.26. The van der Waals surface area contributed by atoms with Crippen LogP contribution in [0.5, 0.6) is 0 Å². The first-order valence-electron chi connectivity index (χ1n) is 7.23. The third kappa shape index (κ3) is 4.31. The number of aromatic nitrogens is 1. The van der Waals surface area contributed by atoms with E-state index in [0.717, 1.165) is 22.9 Å². The van der Waals surface area contributed by atoms with E-state index in [-0.39, 0.29) is 12.5 Å². The molecule has 0 aliphatic heterocycles. The number of fused-ring (bicyclic) bond motifs is 1. The van der Waals surface area contributed by atoms with E-state index in [1.165, 1.54) is 5.56 Å². The summed E-state index contributed by atoms with van der Waals surface area (Å²) in [5.41, 5.74) is 3.27. The van der Waals surface area contributed by atoms with Crippen molar-refractivity contribution in [3.8, 4) is 0 Å². The second-order valence-electron chi connectivity index (χ2n) is 5.03. The molecule has 3 N–H and O–H groups in total. The first-order valence-corrected chi connectivity index (χ1v) is 7.23. The number of amides is 1. The molecule has 5 heteroatoms. The van der Waals surface area contributed by atoms with Gasteiger partial charge >= 0.3 is 0 Å². The fourth-order valence-electron chi connectivity index (χ4n) is 2.39. The van der Waals surface area contributed by atoms with Gasteiger partial charge in [-0.05, 0) is 30.5 Å². The fraction of sp³-hybridized carbons (Fsp3) is 0.438. The van der Waals surface area contributed by atoms with E-state index in [0.29, 0.717) is 26.2 Å². The Balaban J connectivity index is 1.82. The number of aliphatic hydroxyl groups is 1. The minimum Gasteiger partial charge on any atom is -0.394 e. The smallest absolute Gasteiger partial charge is 0.224 e. The standard InChI is InChI=1S/C16H22N2O3/c1-12-4-2-5-14-16(12)13(11-18-14)10-15(20)17-6-3-8-21-9-7-19/h2,4-5,11,18-19H,3,6-10H2,1H3,(H,17,20). The number of hydrogen-bond acceptors (Lipinski definition) is 3. The second kappa shape index (κ2) is 7.81. The summed E-state index contributed by atoms with van der Waals surface area (Å²) >= 11 is 0. The predicted octanol–water partition coefficient (Wildman–Crippen LogP) is 1.53. The third-order valence-electron chi connectivity index (χ3n) is 3.37. The number of benzene rings is 1. The van der Waals surface area contributed by atoms with Crippen LogP contribution in [0, 0.1) is 6.92 Å². The molecule has 5 nitrogen and oxygen atoms in total. The molecule has 114 valence electrons. The second-order valence-corrected chi connectivity index (χ2v) is 5.03. The van der Waals surface area contributed by atoms with Gasteiger partial charge in [-0.25, -0.2) is 0 Å². The maximum absolute atomic E-state index is 11.9. The van der Waals surface area contributed by atoms with Crippen LogP contribution in [0.15, 0.2) is 24.4 Å². The van der Waals surface area contributed by atoms with Gasteiger partial charge in [0.25, 0.3) is 0 Å². The highest BCUT2D eigenvalue weighted by Gasteiger charge is 2.09. The molecule has 0 spiro atoms. The van der Waals surface area contributed by atoms with Crippen molar-refractivity contribution in [2.75, 3.05) is 26.4 Å². The number of hydrogen-bond donors (Lipinski definition) is 3. The van der Waals surface area contributed by atoms with Crippen LogP contribution in [0.3, 0.4) is 0 Å². The number of H-pyrrole nitrogens is 1. The predicted molar refractivity (Wildman–Crippen MR) is 82.3 cm³/mol. The highest BCUT2D eigenvalue weighted by molar-refractivity contribution is 5.90. The van der Waals surface area contributed by atoms with Gasteiger partial charge < -0.3 is 20.1 Å². The number of nitrogens with one attached hydrogen (secondary N) is 2. The highest BCUT2D eigenvalue weighted by Crippen LogP contribution is 2.22. The highest BCUT2D eigenvalue weighted by atomic mass is 16.5. The van der Waals surface area contributed by atoms with E-state index in [9.17, 15) is 4.79 Å². The van der Waals surface area contributed by atoms with Gasteiger partial charge in [0.1, 0.15) is 0 Å². The van der Waals surface area contributed by atoms with E-state index < -0.39 is 0 Å². The Labute approximate surface area is 124 Å². The van der Waals surface area contributed by atoms with Gasteiger partial charge in [0.15, 0.2) is 0 Å². The van der Waals surface area contributed by atoms with E-state index in [1.807, 2.05) is 18.3 Å². The van der Waals surface area contributed by atoms with Gasteiger partial charge in [0.2, 0.25) is 5.91 Å². The average molecular weight is 290 g/mol. The lowest BCUT2D eigenvalue weighted by Gasteiger charge is -2.06. The van der Waals surface area contributed by atoms with E-state index in [2.05, 4.69) is 23.3 Å². The van der Waals surface area contributed by atoms with Crippen molar-refractivity contribution in [2.24, 2.45) is 0 Å². The zero-order chi connectivity index (χ0) is 15.1. The molecule has 21 heavy (non-hydrogen) atoms. The number of carbonyl (C=O) groups is 1. The molecule has 1 heterocycles. The number of carbonyl (C=O) groups excluding carboxylic acids is 1. The Bertz CT molecular complexity index is 592. The lowest BCUT2D eigenvalue weighted by molar-refractivity contribution is -0.120. The first kappa shape index (κ1) is 15.5. The number of aryl methyl sites for hydroxylation is 1. The zero-order valence-electron chi connectivity index (χ0n) is 12.3. The Morgan fingerprint density at radius 1 is 1.38 bits per heavy atom. The number of ether oxygens (including phenoxy) is 1. The van der Waals surface area contributed by atoms with Crippen LogP contribution < -0.4 is 5.32 Å². The van der Waals surface area contributed by atoms with Crippen LogP contribution in [0.4, 0.5) is 0 Å². The summed E-state index contributed by atoms with van der Waals surface area (Å²) in [7, 11) is 0. The molecule has 0 fully saturated rings. The SMILES string of the molecule is Cc1cccc2[nH]cc(CC(=O)NCCCOCCO)c12. The Morgan fingerprint density at radius 2 is 2.24 bits per heavy atom. The summed E-state index contributed by atoms with van der Waals surface area (Å²) in [4.78, 5) is 15.1. The topological polar surface area (TPSA) is 74.4 Å². The maximum Gasteiger partial charge on any atom is 0.224 e. The van der Waals surface area contributed by atoms with Crippen LogP contribution >= 0.6 is 0 Å². The van der Waals surface area contributed by atoms with Crippen LogP contribution in [-0.2, 0) is 16.0 Å². The van der Waals surface area contributed by atoms with Crippen LogP contribution in [0.1, 0.15) is 17.5 Å². The van der Waals surface area contributed by atoms with Crippen molar-refractivity contribution in [3.63, 3.8) is 0 Å². The number of aliphatic hydroxyl groups excluding tert-OH is 1. The van der Waals surface area contributed by atoms with Gasteiger partial charge in [-0.1, -0.05) is 12.1 Å². The molecule has 0 saturated heterocycles. The van der Waals surface area contributed by atoms with Crippen molar-refractivity contribution in [2.45, 2.75) is 19.8 Å². The Morgan fingerprint density at radius 3 is 3.05 bits per heavy atom. The molecular weight excluding hydrogens is 268 g/mol. The first-order chi connectivity index (χ1) is 10.2. The molecule has 1 amide bonds. The summed E-state index contributed by atoms with van der Waals surface area (Å²) in [5.74, 6) is 0.0151. The van der Waals surface area contributed by atoms with Gasteiger partial charge in [0, 0.05) is 30.3 Å². The largest absolute Gasteiger partial charge is 0.394 e. The summed E-state index contributed by atoms with van der Waals surface area (Å²) in [6, 6.07) is 6.07. The number of aromatic amines is 1. The quantitative estimate of drug-likeness (QED) is 0.646. The summed E-state index contributed by atoms with van der Waals surface area (Å²) in [6.45, 7) is 3.57. The lowest BCUT2D eigenvalue weighted by atomic mass is 10.1. The van der Waals surface area contributed by atoms with Gasteiger partial charge in [-0.3, -0.25) is 4.79 Å². The minimum absolute atomic E-state index is 0.0151. The van der Waals surface area contributed by atoms with Crippen molar-refractivity contribution >= 4 is 16.8 Å². The molecule has 0 radical (unpaired) electrons. The third-order valence-corrected chi connectivity index (χ3v) is 3.37. The molecule has 0 bridgehead atoms. The van der Waals surface area contributed by atoms with Crippen molar-refractivity contribution in [1.82, 2.24) is 10.3 Å². The molecule has 0 atom stereocenters. The van der Waals surface area contributed by atoms with E-state index in [4.69, 9.17) is 9.84 Å². The molecular formula is C16H22N2O3. The van der Waals surface area contributed by atoms with Crippen molar-refractivity contribution < 1.29 is 14.6 Å². The maximum atomic E-state index is 11.9. The average Bonchev–Trinajstić information content (AvgIpc) is 2.87. The van der Waals surface area contributed by atoms with Gasteiger partial charge in [0.05, 0.1) is 19.6 Å². The molecule has 2 rings (SSSR count). The summed E-state index contributed by atoms with van der Waals surface area (Å²) in [6.07, 6.45) is 3.03. The van der Waals surface area contributed by atoms with Gasteiger partial charge in [-0.15, -0.1) is 0 Å². The van der Waals surface area contributed by atoms with Crippen LogP contribution in [0.2, 0.25) is 0 Å². The molecule has 2 aromatic rings. The van der Waals surface area contributed by atoms with Crippen molar-refractivity contribution in [3.05, 3.63) is 35.5 Å². The molecule has 0 aliphatic carbocycles. The molecule has 1 aromatic carbocycles. The molecule has 0 unspecified atom stereocenters. The summed E-state index contributed by atoms with van der Waals surface area (Å²) < 4.78 is 5.14. The Kier molecular flexibility index (Phi) is 5.78. The fourth-order valence-corrected chi connectivity index (χ4v) is 2.39. The van der Waals surface area contributed by atoms with Crippen molar-refractivity contribution in [1.29, 1.82) is 0 Å². The van der Waals surface area contributed by atoms with Crippen LogP contribution in [0.25, 0.3) is 10.9 Å². The molecule has 1 aromatic heterocycles. The molecule has 0 aliphatic rings. The van der Waals surface area contributed by atoms with E-state index in [1.54, 1.807) is 0 Å². The normalized spacial score (nSPS) is 11.0. The zero-order valence-corrected chi connectivity index (χ0v) is 12.3. The van der Waals surface area contributed by atoms with E-state index >= 15 is 0 Å². The monoisotopic (exact) mass is 290 g/mol.